The van der Waals surface area contributed by atoms with Crippen LogP contribution in [-0.4, -0.2) is 4.98 Å². The minimum atomic E-state index is -0.360. The zero-order chi connectivity index (χ0) is 12.6. The number of halogens is 2. The first kappa shape index (κ1) is 12.4. The smallest absolute Gasteiger partial charge is 0.261 e. The van der Waals surface area contributed by atoms with Gasteiger partial charge >= 0.3 is 0 Å². The lowest BCUT2D eigenvalue weighted by Crippen LogP contribution is -1.91. The molecule has 0 spiro atoms. The van der Waals surface area contributed by atoms with E-state index >= 15 is 0 Å². The molecule has 17 heavy (non-hydrogen) atoms. The third-order valence-electron chi connectivity index (χ3n) is 2.26. The zero-order valence-corrected chi connectivity index (χ0v) is 11.7. The topological polar surface area (TPSA) is 52.0 Å². The quantitative estimate of drug-likeness (QED) is 0.853. The molecule has 0 aliphatic carbocycles. The minimum absolute atomic E-state index is 0.346. The molecule has 0 atom stereocenters. The number of hydrogen-bond donors (Lipinski definition) is 1. The Kier molecular flexibility index (Phi) is 3.44. The lowest BCUT2D eigenvalue weighted by molar-refractivity contribution is 0.431. The van der Waals surface area contributed by atoms with Crippen molar-refractivity contribution < 1.29 is 8.81 Å². The van der Waals surface area contributed by atoms with Crippen LogP contribution < -0.4 is 5.73 Å². The molecule has 0 unspecified atom stereocenters. The molecule has 6 heteroatoms. The van der Waals surface area contributed by atoms with Crippen LogP contribution in [0.15, 0.2) is 31.1 Å². The van der Waals surface area contributed by atoms with Gasteiger partial charge in [-0.1, -0.05) is 0 Å². The van der Waals surface area contributed by atoms with Gasteiger partial charge in [0.15, 0.2) is 0 Å². The van der Waals surface area contributed by atoms with Crippen LogP contribution in [0.5, 0.6) is 0 Å². The Hall–Kier alpha value is -1.01. The summed E-state index contributed by atoms with van der Waals surface area (Å²) >= 11 is 4.29. The van der Waals surface area contributed by atoms with Crippen molar-refractivity contribution in [3.8, 4) is 0 Å². The Morgan fingerprint density at radius 2 is 2.12 bits per heavy atom. The summed E-state index contributed by atoms with van der Waals surface area (Å²) in [6.07, 6.45) is 0. The maximum absolute atomic E-state index is 13.4. The van der Waals surface area contributed by atoms with Gasteiger partial charge < -0.3 is 10.2 Å². The number of benzene rings is 1. The number of nitrogen functional groups attached to an aromatic ring is 1. The van der Waals surface area contributed by atoms with Crippen LogP contribution in [0.3, 0.4) is 0 Å². The van der Waals surface area contributed by atoms with Gasteiger partial charge in [0.05, 0.1) is 10.2 Å². The molecular formula is C11H10BrFN2OS. The first-order chi connectivity index (χ1) is 7.97. The van der Waals surface area contributed by atoms with E-state index < -0.39 is 0 Å². The number of anilines is 1. The normalized spacial score (nSPS) is 10.8. The molecule has 0 aliphatic rings. The standard InChI is InChI=1S/C11H10BrFN2OS/c1-5-6(2)16-11(15-5)17-10-4-8(13)7(12)3-9(10)14/h3-4H,14H2,1-2H3. The molecule has 1 aromatic heterocycles. The van der Waals surface area contributed by atoms with Crippen LogP contribution in [0, 0.1) is 19.7 Å². The zero-order valence-electron chi connectivity index (χ0n) is 9.25. The predicted octanol–water partition coefficient (Wildman–Crippen LogP) is 3.93. The second-order valence-electron chi connectivity index (χ2n) is 3.53. The van der Waals surface area contributed by atoms with E-state index in [0.29, 0.717) is 20.3 Å². The molecule has 2 aromatic rings. The number of aryl methyl sites for hydroxylation is 2. The molecule has 0 amide bonds. The van der Waals surface area contributed by atoms with Crippen LogP contribution in [-0.2, 0) is 0 Å². The summed E-state index contributed by atoms with van der Waals surface area (Å²) in [6.45, 7) is 3.69. The first-order valence-electron chi connectivity index (χ1n) is 4.84. The van der Waals surface area contributed by atoms with Crippen molar-refractivity contribution in [2.24, 2.45) is 0 Å². The van der Waals surface area contributed by atoms with Crippen molar-refractivity contribution in [3.05, 3.63) is 33.9 Å². The lowest BCUT2D eigenvalue weighted by Gasteiger charge is -2.04. The minimum Gasteiger partial charge on any atom is -0.436 e. The van der Waals surface area contributed by atoms with Crippen molar-refractivity contribution in [1.29, 1.82) is 0 Å². The number of nitrogens with zero attached hydrogens (tertiary/aromatic N) is 1. The van der Waals surface area contributed by atoms with E-state index in [1.165, 1.54) is 23.9 Å². The number of aromatic nitrogens is 1. The SMILES string of the molecule is Cc1nc(Sc2cc(F)c(Br)cc2N)oc1C. The summed E-state index contributed by atoms with van der Waals surface area (Å²) < 4.78 is 19.1. The summed E-state index contributed by atoms with van der Waals surface area (Å²) in [5, 5.41) is 0.466. The first-order valence-corrected chi connectivity index (χ1v) is 6.44. The van der Waals surface area contributed by atoms with Crippen LogP contribution in [0.1, 0.15) is 11.5 Å². The molecule has 3 nitrogen and oxygen atoms in total. The van der Waals surface area contributed by atoms with Crippen molar-refractivity contribution >= 4 is 33.4 Å². The van der Waals surface area contributed by atoms with Gasteiger partial charge in [-0.15, -0.1) is 0 Å². The predicted molar refractivity (Wildman–Crippen MR) is 68.6 cm³/mol. The molecular weight excluding hydrogens is 307 g/mol. The fourth-order valence-corrected chi connectivity index (χ4v) is 2.45. The second-order valence-corrected chi connectivity index (χ2v) is 5.38. The monoisotopic (exact) mass is 316 g/mol. The van der Waals surface area contributed by atoms with E-state index in [9.17, 15) is 4.39 Å². The number of nitrogens with two attached hydrogens (primary N) is 1. The van der Waals surface area contributed by atoms with E-state index in [0.717, 1.165) is 11.5 Å². The summed E-state index contributed by atoms with van der Waals surface area (Å²) in [5.74, 6) is 0.394. The molecule has 0 fully saturated rings. The van der Waals surface area contributed by atoms with Gasteiger partial charge in [0.25, 0.3) is 5.22 Å². The van der Waals surface area contributed by atoms with E-state index in [1.807, 2.05) is 13.8 Å². The Labute approximate surface area is 111 Å². The molecule has 0 saturated carbocycles. The van der Waals surface area contributed by atoms with Crippen LogP contribution >= 0.6 is 27.7 Å². The molecule has 0 aliphatic heterocycles. The van der Waals surface area contributed by atoms with Gasteiger partial charge in [-0.3, -0.25) is 0 Å². The Morgan fingerprint density at radius 1 is 1.41 bits per heavy atom. The lowest BCUT2D eigenvalue weighted by atomic mass is 10.3. The average Bonchev–Trinajstić information content (AvgIpc) is 2.55. The van der Waals surface area contributed by atoms with Crippen molar-refractivity contribution in [1.82, 2.24) is 4.98 Å². The van der Waals surface area contributed by atoms with Gasteiger partial charge in [0.2, 0.25) is 0 Å². The fraction of sp³-hybridized carbons (Fsp3) is 0.182. The Bertz CT molecular complexity index is 551. The van der Waals surface area contributed by atoms with E-state index in [-0.39, 0.29) is 5.82 Å². The molecule has 90 valence electrons. The summed E-state index contributed by atoms with van der Waals surface area (Å²) in [4.78, 5) is 4.80. The number of rotatable bonds is 2. The van der Waals surface area contributed by atoms with Crippen LogP contribution in [0.4, 0.5) is 10.1 Å². The third-order valence-corrected chi connectivity index (χ3v) is 3.79. The van der Waals surface area contributed by atoms with Crippen LogP contribution in [0.2, 0.25) is 0 Å². The highest BCUT2D eigenvalue weighted by atomic mass is 79.9. The van der Waals surface area contributed by atoms with Crippen molar-refractivity contribution in [2.45, 2.75) is 24.0 Å². The second kappa shape index (κ2) is 4.70. The molecule has 1 heterocycles. The Morgan fingerprint density at radius 3 is 2.71 bits per heavy atom. The maximum Gasteiger partial charge on any atom is 0.261 e. The van der Waals surface area contributed by atoms with Crippen molar-refractivity contribution in [2.75, 3.05) is 5.73 Å². The fourth-order valence-electron chi connectivity index (χ4n) is 1.21. The molecule has 0 saturated heterocycles. The van der Waals surface area contributed by atoms with Crippen molar-refractivity contribution in [3.63, 3.8) is 0 Å². The van der Waals surface area contributed by atoms with Gasteiger partial charge in [-0.05, 0) is 53.7 Å². The molecule has 2 N–H and O–H groups in total. The van der Waals surface area contributed by atoms with E-state index in [1.54, 1.807) is 0 Å². The molecule has 0 bridgehead atoms. The highest BCUT2D eigenvalue weighted by Gasteiger charge is 2.12. The van der Waals surface area contributed by atoms with Gasteiger partial charge in [-0.2, -0.15) is 0 Å². The van der Waals surface area contributed by atoms with Gasteiger partial charge in [0.1, 0.15) is 11.6 Å². The summed E-state index contributed by atoms with van der Waals surface area (Å²) in [7, 11) is 0. The summed E-state index contributed by atoms with van der Waals surface area (Å²) in [6, 6.07) is 2.89. The van der Waals surface area contributed by atoms with E-state index in [4.69, 9.17) is 10.2 Å². The van der Waals surface area contributed by atoms with Gasteiger partial charge in [-0.25, -0.2) is 9.37 Å². The number of oxazole rings is 1. The highest BCUT2D eigenvalue weighted by Crippen LogP contribution is 2.35. The molecule has 0 radical (unpaired) electrons. The number of hydrogen-bond acceptors (Lipinski definition) is 4. The largest absolute Gasteiger partial charge is 0.436 e. The van der Waals surface area contributed by atoms with E-state index in [2.05, 4.69) is 20.9 Å². The van der Waals surface area contributed by atoms with Crippen LogP contribution in [0.25, 0.3) is 0 Å². The third kappa shape index (κ3) is 2.63. The summed E-state index contributed by atoms with van der Waals surface area (Å²) in [5.41, 5.74) is 7.10. The molecule has 2 rings (SSSR count). The maximum atomic E-state index is 13.4. The molecule has 1 aromatic carbocycles. The van der Waals surface area contributed by atoms with Gasteiger partial charge in [0, 0.05) is 10.6 Å². The highest BCUT2D eigenvalue weighted by molar-refractivity contribution is 9.10. The average molecular weight is 317 g/mol. The Balaban J connectivity index is 2.33.